The van der Waals surface area contributed by atoms with Gasteiger partial charge in [-0.1, -0.05) is 36.4 Å². The van der Waals surface area contributed by atoms with Crippen LogP contribution in [0.5, 0.6) is 0 Å². The Bertz CT molecular complexity index is 449. The van der Waals surface area contributed by atoms with Crippen LogP contribution in [0.25, 0.3) is 11.3 Å². The highest BCUT2D eigenvalue weighted by Gasteiger charge is 2.01. The molecule has 0 radical (unpaired) electrons. The predicted octanol–water partition coefficient (Wildman–Crippen LogP) is 2.52. The molecule has 1 aromatic heterocycles. The highest BCUT2D eigenvalue weighted by Crippen LogP contribution is 2.18. The number of benzene rings is 1. The zero-order chi connectivity index (χ0) is 10.7. The van der Waals surface area contributed by atoms with E-state index >= 15 is 0 Å². The van der Waals surface area contributed by atoms with Crippen molar-refractivity contribution < 1.29 is 0 Å². The molecule has 1 aromatic carbocycles. The van der Waals surface area contributed by atoms with E-state index < -0.39 is 0 Å². The fraction of sp³-hybridized carbons (Fsp3) is 0.154. The molecule has 0 unspecified atom stereocenters. The molecule has 2 N–H and O–H groups in total. The summed E-state index contributed by atoms with van der Waals surface area (Å²) in [5.41, 5.74) is 9.87. The second-order valence-corrected chi connectivity index (χ2v) is 3.51. The average Bonchev–Trinajstić information content (AvgIpc) is 2.30. The predicted molar refractivity (Wildman–Crippen MR) is 62.3 cm³/mol. The van der Waals surface area contributed by atoms with Crippen molar-refractivity contribution in [2.45, 2.75) is 13.5 Å². The summed E-state index contributed by atoms with van der Waals surface area (Å²) in [4.78, 5) is 4.53. The average molecular weight is 198 g/mol. The third-order valence-corrected chi connectivity index (χ3v) is 2.48. The molecule has 0 bridgehead atoms. The molecule has 2 nitrogen and oxygen atoms in total. The molecule has 0 fully saturated rings. The maximum Gasteiger partial charge on any atom is 0.0705 e. The Morgan fingerprint density at radius 3 is 2.40 bits per heavy atom. The van der Waals surface area contributed by atoms with Crippen molar-refractivity contribution in [3.05, 3.63) is 53.7 Å². The quantitative estimate of drug-likeness (QED) is 0.805. The second kappa shape index (κ2) is 4.24. The number of hydrogen-bond acceptors (Lipinski definition) is 2. The molecular weight excluding hydrogens is 184 g/mol. The number of hydrogen-bond donors (Lipinski definition) is 1. The van der Waals surface area contributed by atoms with Crippen molar-refractivity contribution >= 4 is 0 Å². The number of nitrogens with zero attached hydrogens (tertiary/aromatic N) is 1. The second-order valence-electron chi connectivity index (χ2n) is 3.51. The number of rotatable bonds is 2. The van der Waals surface area contributed by atoms with Crippen molar-refractivity contribution in [3.8, 4) is 11.3 Å². The van der Waals surface area contributed by atoms with Gasteiger partial charge in [0.05, 0.1) is 5.69 Å². The van der Waals surface area contributed by atoms with Gasteiger partial charge in [0.15, 0.2) is 0 Å². The van der Waals surface area contributed by atoms with E-state index in [9.17, 15) is 0 Å². The number of pyridine rings is 1. The fourth-order valence-corrected chi connectivity index (χ4v) is 1.58. The van der Waals surface area contributed by atoms with Crippen LogP contribution in [0.2, 0.25) is 0 Å². The molecule has 2 rings (SSSR count). The van der Waals surface area contributed by atoms with Crippen LogP contribution in [0.3, 0.4) is 0 Å². The van der Waals surface area contributed by atoms with Gasteiger partial charge in [-0.05, 0) is 18.6 Å². The molecule has 2 heteroatoms. The van der Waals surface area contributed by atoms with Crippen LogP contribution >= 0.6 is 0 Å². The molecule has 0 saturated heterocycles. The van der Waals surface area contributed by atoms with E-state index in [1.807, 2.05) is 37.3 Å². The minimum atomic E-state index is 0.550. The smallest absolute Gasteiger partial charge is 0.0705 e. The maximum atomic E-state index is 5.60. The van der Waals surface area contributed by atoms with Crippen molar-refractivity contribution in [2.75, 3.05) is 0 Å². The van der Waals surface area contributed by atoms with E-state index in [0.717, 1.165) is 22.5 Å². The summed E-state index contributed by atoms with van der Waals surface area (Å²) < 4.78 is 0. The Balaban J connectivity index is 2.43. The molecule has 0 aliphatic heterocycles. The van der Waals surface area contributed by atoms with Gasteiger partial charge in [-0.2, -0.15) is 0 Å². The van der Waals surface area contributed by atoms with Crippen molar-refractivity contribution in [2.24, 2.45) is 5.73 Å². The monoisotopic (exact) mass is 198 g/mol. The minimum absolute atomic E-state index is 0.550. The maximum absolute atomic E-state index is 5.60. The van der Waals surface area contributed by atoms with Crippen LogP contribution in [0.4, 0.5) is 0 Å². The van der Waals surface area contributed by atoms with Gasteiger partial charge in [-0.15, -0.1) is 0 Å². The molecule has 76 valence electrons. The molecular formula is C13H14N2. The van der Waals surface area contributed by atoms with Gasteiger partial charge in [-0.3, -0.25) is 4.98 Å². The van der Waals surface area contributed by atoms with Crippen molar-refractivity contribution in [3.63, 3.8) is 0 Å². The van der Waals surface area contributed by atoms with E-state index in [1.165, 1.54) is 0 Å². The first-order valence-electron chi connectivity index (χ1n) is 5.03. The van der Waals surface area contributed by atoms with Crippen LogP contribution in [0.1, 0.15) is 11.3 Å². The highest BCUT2D eigenvalue weighted by atomic mass is 14.7. The third-order valence-electron chi connectivity index (χ3n) is 2.48. The summed E-state index contributed by atoms with van der Waals surface area (Å²) >= 11 is 0. The first-order chi connectivity index (χ1) is 7.31. The lowest BCUT2D eigenvalue weighted by atomic mass is 10.1. The Morgan fingerprint density at radius 2 is 1.80 bits per heavy atom. The summed E-state index contributed by atoms with van der Waals surface area (Å²) in [5.74, 6) is 0. The van der Waals surface area contributed by atoms with Gasteiger partial charge in [0.1, 0.15) is 0 Å². The van der Waals surface area contributed by atoms with Crippen LogP contribution in [0.15, 0.2) is 42.5 Å². The molecule has 0 aliphatic carbocycles. The third kappa shape index (κ3) is 2.05. The topological polar surface area (TPSA) is 38.9 Å². The SMILES string of the molecule is Cc1nc(-c2ccccc2)ccc1CN. The summed E-state index contributed by atoms with van der Waals surface area (Å²) in [6.07, 6.45) is 0. The van der Waals surface area contributed by atoms with E-state index in [4.69, 9.17) is 5.73 Å². The molecule has 15 heavy (non-hydrogen) atoms. The molecule has 1 heterocycles. The Morgan fingerprint density at radius 1 is 1.07 bits per heavy atom. The van der Waals surface area contributed by atoms with Gasteiger partial charge in [0, 0.05) is 17.8 Å². The number of nitrogens with two attached hydrogens (primary N) is 1. The largest absolute Gasteiger partial charge is 0.326 e. The van der Waals surface area contributed by atoms with Gasteiger partial charge < -0.3 is 5.73 Å². The molecule has 0 atom stereocenters. The van der Waals surface area contributed by atoms with Crippen LogP contribution in [-0.4, -0.2) is 4.98 Å². The Hall–Kier alpha value is -1.67. The van der Waals surface area contributed by atoms with Crippen molar-refractivity contribution in [1.82, 2.24) is 4.98 Å². The minimum Gasteiger partial charge on any atom is -0.326 e. The molecule has 0 saturated carbocycles. The van der Waals surface area contributed by atoms with Crippen molar-refractivity contribution in [1.29, 1.82) is 0 Å². The van der Waals surface area contributed by atoms with Gasteiger partial charge in [0.25, 0.3) is 0 Å². The van der Waals surface area contributed by atoms with E-state index in [0.29, 0.717) is 6.54 Å². The van der Waals surface area contributed by atoms with Gasteiger partial charge in [0.2, 0.25) is 0 Å². The van der Waals surface area contributed by atoms with Crippen LogP contribution in [-0.2, 0) is 6.54 Å². The van der Waals surface area contributed by atoms with E-state index in [1.54, 1.807) is 0 Å². The van der Waals surface area contributed by atoms with Crippen LogP contribution < -0.4 is 5.73 Å². The summed E-state index contributed by atoms with van der Waals surface area (Å²) in [5, 5.41) is 0. The normalized spacial score (nSPS) is 10.3. The highest BCUT2D eigenvalue weighted by molar-refractivity contribution is 5.59. The number of aromatic nitrogens is 1. The lowest BCUT2D eigenvalue weighted by Gasteiger charge is -2.05. The Labute approximate surface area is 89.8 Å². The zero-order valence-corrected chi connectivity index (χ0v) is 8.77. The summed E-state index contributed by atoms with van der Waals surface area (Å²) in [6.45, 7) is 2.54. The Kier molecular flexibility index (Phi) is 2.79. The molecule has 0 aliphatic rings. The summed E-state index contributed by atoms with van der Waals surface area (Å²) in [6, 6.07) is 14.2. The van der Waals surface area contributed by atoms with Gasteiger partial charge in [-0.25, -0.2) is 0 Å². The number of aryl methyl sites for hydroxylation is 1. The van der Waals surface area contributed by atoms with E-state index in [2.05, 4.69) is 17.1 Å². The van der Waals surface area contributed by atoms with E-state index in [-0.39, 0.29) is 0 Å². The molecule has 0 spiro atoms. The molecule has 2 aromatic rings. The fourth-order valence-electron chi connectivity index (χ4n) is 1.58. The first-order valence-corrected chi connectivity index (χ1v) is 5.03. The summed E-state index contributed by atoms with van der Waals surface area (Å²) in [7, 11) is 0. The van der Waals surface area contributed by atoms with Crippen LogP contribution in [0, 0.1) is 6.92 Å². The lowest BCUT2D eigenvalue weighted by Crippen LogP contribution is -2.01. The zero-order valence-electron chi connectivity index (χ0n) is 8.77. The standard InChI is InChI=1S/C13H14N2/c1-10-12(9-14)7-8-13(15-10)11-5-3-2-4-6-11/h2-8H,9,14H2,1H3. The first kappa shape index (κ1) is 9.87. The lowest BCUT2D eigenvalue weighted by molar-refractivity contribution is 1.01. The van der Waals surface area contributed by atoms with Gasteiger partial charge >= 0.3 is 0 Å². The molecule has 0 amide bonds.